The van der Waals surface area contributed by atoms with Crippen LogP contribution in [0.2, 0.25) is 0 Å². The molecule has 10 heteroatoms. The summed E-state index contributed by atoms with van der Waals surface area (Å²) in [5, 5.41) is 17.1. The largest absolute Gasteiger partial charge is 0.464 e. The van der Waals surface area contributed by atoms with Gasteiger partial charge >= 0.3 is 17.7 Å². The highest BCUT2D eigenvalue weighted by atomic mass is 16.6. The van der Waals surface area contributed by atoms with E-state index in [1.807, 2.05) is 0 Å². The molecule has 0 spiro atoms. The molecular weight excluding hydrogens is 296 g/mol. The van der Waals surface area contributed by atoms with Crippen molar-refractivity contribution < 1.29 is 24.0 Å². The molecule has 10 nitrogen and oxygen atoms in total. The number of amides is 1. The molecule has 1 aromatic rings. The number of methoxy groups -OCH3 is 1. The van der Waals surface area contributed by atoms with Gasteiger partial charge in [0, 0.05) is 6.54 Å². The van der Waals surface area contributed by atoms with Gasteiger partial charge in [-0.3, -0.25) is 14.8 Å². The van der Waals surface area contributed by atoms with E-state index in [0.29, 0.717) is 0 Å². The van der Waals surface area contributed by atoms with E-state index in [1.54, 1.807) is 20.8 Å². The maximum Gasteiger partial charge on any atom is 0.407 e. The van der Waals surface area contributed by atoms with E-state index in [-0.39, 0.29) is 18.8 Å². The van der Waals surface area contributed by atoms with E-state index in [4.69, 9.17) is 4.74 Å². The highest BCUT2D eigenvalue weighted by Gasteiger charge is 2.27. The molecule has 0 radical (unpaired) electrons. The zero-order chi connectivity index (χ0) is 16.9. The van der Waals surface area contributed by atoms with Crippen molar-refractivity contribution >= 4 is 17.7 Å². The fourth-order valence-corrected chi connectivity index (χ4v) is 1.56. The summed E-state index contributed by atoms with van der Waals surface area (Å²) in [5.41, 5.74) is -1.37. The van der Waals surface area contributed by atoms with Gasteiger partial charge in [0.25, 0.3) is 0 Å². The Morgan fingerprint density at radius 2 is 2.09 bits per heavy atom. The second-order valence-corrected chi connectivity index (χ2v) is 5.28. The number of nitrogens with zero attached hydrogens (tertiary/aromatic N) is 3. The van der Waals surface area contributed by atoms with Crippen LogP contribution in [0.15, 0.2) is 6.20 Å². The van der Waals surface area contributed by atoms with Gasteiger partial charge < -0.3 is 14.8 Å². The van der Waals surface area contributed by atoms with Crippen LogP contribution in [-0.4, -0.2) is 46.0 Å². The third kappa shape index (κ3) is 4.72. The van der Waals surface area contributed by atoms with Crippen molar-refractivity contribution in [2.75, 3.05) is 13.7 Å². The summed E-state index contributed by atoms with van der Waals surface area (Å²) >= 11 is 0. The maximum absolute atomic E-state index is 11.6. The number of carbonyl (C=O) groups is 2. The lowest BCUT2D eigenvalue weighted by molar-refractivity contribution is -0.385. The fourth-order valence-electron chi connectivity index (χ4n) is 1.56. The maximum atomic E-state index is 11.6. The first kappa shape index (κ1) is 17.4. The first-order valence-corrected chi connectivity index (χ1v) is 6.41. The Labute approximate surface area is 126 Å². The number of alkyl carbamates (subject to hydrolysis) is 1. The zero-order valence-electron chi connectivity index (χ0n) is 12.8. The molecule has 122 valence electrons. The number of nitrogens with one attached hydrogen (secondary N) is 1. The average molecular weight is 314 g/mol. The summed E-state index contributed by atoms with van der Waals surface area (Å²) in [4.78, 5) is 33.2. The van der Waals surface area contributed by atoms with Crippen LogP contribution in [0.1, 0.15) is 31.3 Å². The molecule has 1 amide bonds. The van der Waals surface area contributed by atoms with Crippen molar-refractivity contribution in [3.05, 3.63) is 22.0 Å². The van der Waals surface area contributed by atoms with Crippen molar-refractivity contribution in [2.45, 2.75) is 32.9 Å². The molecule has 0 unspecified atom stereocenters. The Kier molecular flexibility index (Phi) is 5.44. The Balaban J connectivity index is 2.72. The first-order valence-electron chi connectivity index (χ1n) is 6.41. The first-order chi connectivity index (χ1) is 10.2. The lowest BCUT2D eigenvalue weighted by Crippen LogP contribution is -2.34. The molecule has 0 bridgehead atoms. The van der Waals surface area contributed by atoms with Crippen LogP contribution in [-0.2, 0) is 16.0 Å². The van der Waals surface area contributed by atoms with Crippen molar-refractivity contribution in [1.82, 2.24) is 15.1 Å². The summed E-state index contributed by atoms with van der Waals surface area (Å²) < 4.78 is 10.6. The van der Waals surface area contributed by atoms with E-state index in [9.17, 15) is 19.7 Å². The van der Waals surface area contributed by atoms with Gasteiger partial charge in [0.2, 0.25) is 5.69 Å². The smallest absolute Gasteiger partial charge is 0.407 e. The number of carbonyl (C=O) groups excluding carboxylic acids is 2. The SMILES string of the molecule is COC(=O)c1c([N+](=O)[O-])cnn1CCNC(=O)OC(C)(C)C. The van der Waals surface area contributed by atoms with Crippen molar-refractivity contribution in [3.63, 3.8) is 0 Å². The highest BCUT2D eigenvalue weighted by molar-refractivity contribution is 5.91. The summed E-state index contributed by atoms with van der Waals surface area (Å²) in [6.07, 6.45) is 0.327. The van der Waals surface area contributed by atoms with Crippen LogP contribution in [0.5, 0.6) is 0 Å². The van der Waals surface area contributed by atoms with Gasteiger partial charge in [-0.25, -0.2) is 9.59 Å². The molecular formula is C12H18N4O6. The number of ether oxygens (including phenoxy) is 2. The zero-order valence-corrected chi connectivity index (χ0v) is 12.8. The fraction of sp³-hybridized carbons (Fsp3) is 0.583. The second kappa shape index (κ2) is 6.87. The summed E-state index contributed by atoms with van der Waals surface area (Å²) in [6.45, 7) is 5.30. The minimum Gasteiger partial charge on any atom is -0.464 e. The topological polar surface area (TPSA) is 126 Å². The van der Waals surface area contributed by atoms with Crippen LogP contribution >= 0.6 is 0 Å². The molecule has 0 fully saturated rings. The molecule has 22 heavy (non-hydrogen) atoms. The minimum atomic E-state index is -0.874. The molecule has 0 atom stereocenters. The van der Waals surface area contributed by atoms with Gasteiger partial charge in [-0.1, -0.05) is 0 Å². The van der Waals surface area contributed by atoms with Crippen LogP contribution < -0.4 is 5.32 Å². The molecule has 1 N–H and O–H groups in total. The monoisotopic (exact) mass is 314 g/mol. The standard InChI is InChI=1S/C12H18N4O6/c1-12(2,3)22-11(18)13-5-6-15-9(10(17)21-4)8(7-14-15)16(19)20/h7H,5-6H2,1-4H3,(H,13,18). The van der Waals surface area contributed by atoms with E-state index in [2.05, 4.69) is 15.2 Å². The number of esters is 1. The van der Waals surface area contributed by atoms with Gasteiger partial charge in [0.15, 0.2) is 0 Å². The molecule has 0 aliphatic carbocycles. The third-order valence-electron chi connectivity index (χ3n) is 2.39. The molecule has 1 aromatic heterocycles. The minimum absolute atomic E-state index is 0.0531. The summed E-state index contributed by atoms with van der Waals surface area (Å²) in [7, 11) is 1.11. The Morgan fingerprint density at radius 1 is 1.45 bits per heavy atom. The van der Waals surface area contributed by atoms with Crippen LogP contribution in [0.3, 0.4) is 0 Å². The van der Waals surface area contributed by atoms with Gasteiger partial charge in [-0.2, -0.15) is 5.10 Å². The van der Waals surface area contributed by atoms with Gasteiger partial charge in [0.05, 0.1) is 18.6 Å². The van der Waals surface area contributed by atoms with Crippen molar-refractivity contribution in [2.24, 2.45) is 0 Å². The Hall–Kier alpha value is -2.65. The van der Waals surface area contributed by atoms with Crippen LogP contribution in [0.25, 0.3) is 0 Å². The Bertz CT molecular complexity index is 575. The van der Waals surface area contributed by atoms with Crippen LogP contribution in [0.4, 0.5) is 10.5 Å². The summed E-state index contributed by atoms with van der Waals surface area (Å²) in [5.74, 6) is -0.874. The van der Waals surface area contributed by atoms with E-state index < -0.39 is 28.3 Å². The predicted molar refractivity (Wildman–Crippen MR) is 74.5 cm³/mol. The number of nitro groups is 1. The quantitative estimate of drug-likeness (QED) is 0.490. The van der Waals surface area contributed by atoms with Gasteiger partial charge in [-0.05, 0) is 20.8 Å². The second-order valence-electron chi connectivity index (χ2n) is 5.28. The third-order valence-corrected chi connectivity index (χ3v) is 2.39. The van der Waals surface area contributed by atoms with E-state index in [0.717, 1.165) is 18.0 Å². The predicted octanol–water partition coefficient (Wildman–Crippen LogP) is 1.10. The lowest BCUT2D eigenvalue weighted by Gasteiger charge is -2.19. The Morgan fingerprint density at radius 3 is 2.59 bits per heavy atom. The van der Waals surface area contributed by atoms with Crippen molar-refractivity contribution in [1.29, 1.82) is 0 Å². The lowest BCUT2D eigenvalue weighted by atomic mass is 10.2. The van der Waals surface area contributed by atoms with Gasteiger partial charge in [0.1, 0.15) is 11.8 Å². The van der Waals surface area contributed by atoms with E-state index >= 15 is 0 Å². The molecule has 0 aliphatic rings. The molecule has 0 aliphatic heterocycles. The highest BCUT2D eigenvalue weighted by Crippen LogP contribution is 2.18. The van der Waals surface area contributed by atoms with Gasteiger partial charge in [-0.15, -0.1) is 0 Å². The molecule has 1 heterocycles. The molecule has 1 rings (SSSR count). The van der Waals surface area contributed by atoms with E-state index in [1.165, 1.54) is 0 Å². The average Bonchev–Trinajstić information content (AvgIpc) is 2.79. The number of aromatic nitrogens is 2. The molecule has 0 aromatic carbocycles. The molecule has 0 saturated carbocycles. The van der Waals surface area contributed by atoms with Crippen LogP contribution in [0, 0.1) is 10.1 Å². The molecule has 0 saturated heterocycles. The van der Waals surface area contributed by atoms with Crippen molar-refractivity contribution in [3.8, 4) is 0 Å². The summed E-state index contributed by atoms with van der Waals surface area (Å²) in [6, 6.07) is 0. The number of hydrogen-bond acceptors (Lipinski definition) is 7. The number of rotatable bonds is 5. The normalized spacial score (nSPS) is 10.9. The number of hydrogen-bond donors (Lipinski definition) is 1.